The number of esters is 1. The molecule has 1 unspecified atom stereocenters. The van der Waals surface area contributed by atoms with E-state index in [9.17, 15) is 14.4 Å². The molecule has 2 amide bonds. The molecule has 2 heterocycles. The van der Waals surface area contributed by atoms with Crippen molar-refractivity contribution in [3.8, 4) is 11.5 Å². The van der Waals surface area contributed by atoms with E-state index in [-0.39, 0.29) is 18.9 Å². The Bertz CT molecular complexity index is 1270. The molecule has 1 aromatic carbocycles. The summed E-state index contributed by atoms with van der Waals surface area (Å²) in [6.07, 6.45) is 2.73. The van der Waals surface area contributed by atoms with E-state index in [0.717, 1.165) is 16.5 Å². The molecular formula is C28H35N3O7. The number of carbonyl (C=O) groups excluding carboxylic acids is 3. The summed E-state index contributed by atoms with van der Waals surface area (Å²) in [4.78, 5) is 45.0. The lowest BCUT2D eigenvalue weighted by Gasteiger charge is -2.28. The van der Waals surface area contributed by atoms with Gasteiger partial charge in [-0.3, -0.25) is 14.7 Å². The van der Waals surface area contributed by atoms with Crippen molar-refractivity contribution >= 4 is 28.9 Å². The summed E-state index contributed by atoms with van der Waals surface area (Å²) in [5.41, 5.74) is -0.317. The monoisotopic (exact) mass is 525 g/mol. The molecule has 0 spiro atoms. The van der Waals surface area contributed by atoms with E-state index in [2.05, 4.69) is 16.9 Å². The predicted octanol–water partition coefficient (Wildman–Crippen LogP) is 3.54. The number of likely N-dealkylation sites (tertiary alicyclic amines) is 1. The van der Waals surface area contributed by atoms with Crippen LogP contribution in [0.4, 0.5) is 4.79 Å². The molecule has 1 aliphatic carbocycles. The summed E-state index contributed by atoms with van der Waals surface area (Å²) >= 11 is 0. The van der Waals surface area contributed by atoms with Gasteiger partial charge in [0.2, 0.25) is 5.91 Å². The molecule has 4 rings (SSSR count). The van der Waals surface area contributed by atoms with Gasteiger partial charge in [-0.15, -0.1) is 6.58 Å². The average Bonchev–Trinajstić information content (AvgIpc) is 3.41. The molecule has 1 saturated heterocycles. The highest BCUT2D eigenvalue weighted by atomic mass is 16.6. The Morgan fingerprint density at radius 3 is 2.53 bits per heavy atom. The van der Waals surface area contributed by atoms with Crippen LogP contribution in [-0.2, 0) is 19.1 Å². The summed E-state index contributed by atoms with van der Waals surface area (Å²) in [6.45, 7) is 11.1. The average molecular weight is 526 g/mol. The van der Waals surface area contributed by atoms with Gasteiger partial charge in [0.05, 0.1) is 26.3 Å². The maximum absolute atomic E-state index is 13.5. The highest BCUT2D eigenvalue weighted by Crippen LogP contribution is 2.45. The highest BCUT2D eigenvalue weighted by Gasteiger charge is 2.62. The lowest BCUT2D eigenvalue weighted by Crippen LogP contribution is -2.53. The number of hydrogen-bond donors (Lipinski definition) is 1. The van der Waals surface area contributed by atoms with Crippen LogP contribution in [-0.4, -0.2) is 71.9 Å². The second-order valence-electron chi connectivity index (χ2n) is 10.7. The first-order valence-corrected chi connectivity index (χ1v) is 12.6. The van der Waals surface area contributed by atoms with E-state index in [0.29, 0.717) is 17.9 Å². The minimum atomic E-state index is -1.18. The molecule has 2 fully saturated rings. The Kier molecular flexibility index (Phi) is 7.27. The Morgan fingerprint density at radius 1 is 1.18 bits per heavy atom. The van der Waals surface area contributed by atoms with Crippen LogP contribution < -0.4 is 14.8 Å². The number of nitrogens with one attached hydrogen (secondary N) is 1. The third-order valence-corrected chi connectivity index (χ3v) is 6.98. The Morgan fingerprint density at radius 2 is 1.92 bits per heavy atom. The molecule has 0 radical (unpaired) electrons. The van der Waals surface area contributed by atoms with Crippen LogP contribution >= 0.6 is 0 Å². The van der Waals surface area contributed by atoms with Gasteiger partial charge >= 0.3 is 12.1 Å². The summed E-state index contributed by atoms with van der Waals surface area (Å²) in [5, 5.41) is 3.62. The van der Waals surface area contributed by atoms with Crippen molar-refractivity contribution in [1.29, 1.82) is 0 Å². The number of aromatic nitrogens is 1. The number of nitrogens with zero attached hydrogens (tertiary/aromatic N) is 2. The number of pyridine rings is 1. The molecule has 204 valence electrons. The lowest BCUT2D eigenvalue weighted by molar-refractivity contribution is -0.147. The molecule has 0 bridgehead atoms. The minimum Gasteiger partial charge on any atom is -0.496 e. The van der Waals surface area contributed by atoms with Crippen LogP contribution in [0.15, 0.2) is 37.1 Å². The SMILES string of the molecule is C=CC1C[C@]1(NC(=O)[C@@H]1C[C@@H](Oc2ccnc3c(C)c(OC)ccc23)CN1C(=O)OC(C)(C)C)C(=O)OC. The van der Waals surface area contributed by atoms with Gasteiger partial charge in [0.25, 0.3) is 0 Å². The number of methoxy groups -OCH3 is 2. The van der Waals surface area contributed by atoms with E-state index >= 15 is 0 Å². The van der Waals surface area contributed by atoms with Crippen molar-refractivity contribution in [2.75, 3.05) is 20.8 Å². The fourth-order valence-corrected chi connectivity index (χ4v) is 4.96. The first-order valence-electron chi connectivity index (χ1n) is 12.6. The molecule has 38 heavy (non-hydrogen) atoms. The number of amides is 2. The van der Waals surface area contributed by atoms with Crippen molar-refractivity contribution in [3.05, 3.63) is 42.6 Å². The van der Waals surface area contributed by atoms with Crippen molar-refractivity contribution in [2.24, 2.45) is 5.92 Å². The van der Waals surface area contributed by atoms with Crippen molar-refractivity contribution in [1.82, 2.24) is 15.2 Å². The van der Waals surface area contributed by atoms with E-state index in [1.54, 1.807) is 46.2 Å². The zero-order valence-corrected chi connectivity index (χ0v) is 22.7. The van der Waals surface area contributed by atoms with Crippen molar-refractivity contribution in [2.45, 2.75) is 63.8 Å². The molecule has 4 atom stereocenters. The molecular weight excluding hydrogens is 490 g/mol. The second kappa shape index (κ2) is 10.2. The third-order valence-electron chi connectivity index (χ3n) is 6.98. The zero-order valence-electron chi connectivity index (χ0n) is 22.7. The largest absolute Gasteiger partial charge is 0.496 e. The van der Waals surface area contributed by atoms with Crippen LogP contribution in [0.1, 0.15) is 39.2 Å². The van der Waals surface area contributed by atoms with E-state index in [1.807, 2.05) is 19.1 Å². The standard InChI is InChI=1S/C28H35N3O7/c1-8-17-14-28(17,25(33)36-7)30-24(32)20-13-18(15-31(20)26(34)38-27(3,4)5)37-22-11-12-29-23-16(2)21(35-6)10-9-19(22)23/h8-12,17-18,20H,1,13-15H2,2-7H3,(H,30,32)/t17?,18-,20+,28-/m1/s1. The number of rotatable bonds is 7. The number of aryl methyl sites for hydroxylation is 1. The summed E-state index contributed by atoms with van der Waals surface area (Å²) in [5.74, 6) is 0.0335. The van der Waals surface area contributed by atoms with Crippen LogP contribution in [0.5, 0.6) is 11.5 Å². The molecule has 2 aliphatic rings. The van der Waals surface area contributed by atoms with Gasteiger partial charge in [0.15, 0.2) is 0 Å². The Balaban J connectivity index is 1.60. The smallest absolute Gasteiger partial charge is 0.411 e. The molecule has 2 aromatic rings. The van der Waals surface area contributed by atoms with Gasteiger partial charge < -0.3 is 24.3 Å². The van der Waals surface area contributed by atoms with Crippen LogP contribution in [0.2, 0.25) is 0 Å². The molecule has 1 aliphatic heterocycles. The van der Waals surface area contributed by atoms with Crippen molar-refractivity contribution < 1.29 is 33.3 Å². The number of benzene rings is 1. The molecule has 10 heteroatoms. The van der Waals surface area contributed by atoms with Gasteiger partial charge in [-0.1, -0.05) is 6.08 Å². The first kappa shape index (κ1) is 27.2. The van der Waals surface area contributed by atoms with E-state index in [4.69, 9.17) is 18.9 Å². The first-order chi connectivity index (χ1) is 17.9. The summed E-state index contributed by atoms with van der Waals surface area (Å²) in [7, 11) is 2.88. The fourth-order valence-electron chi connectivity index (χ4n) is 4.96. The molecule has 1 aromatic heterocycles. The maximum atomic E-state index is 13.5. The fraction of sp³-hybridized carbons (Fsp3) is 0.500. The van der Waals surface area contributed by atoms with Crippen LogP contribution in [0, 0.1) is 12.8 Å². The van der Waals surface area contributed by atoms with Gasteiger partial charge in [-0.2, -0.15) is 0 Å². The highest BCUT2D eigenvalue weighted by molar-refractivity contribution is 5.95. The number of ether oxygens (including phenoxy) is 4. The Hall–Kier alpha value is -3.82. The van der Waals surface area contributed by atoms with Gasteiger partial charge in [-0.05, 0) is 52.3 Å². The number of hydrogen-bond acceptors (Lipinski definition) is 8. The van der Waals surface area contributed by atoms with E-state index < -0.39 is 41.3 Å². The van der Waals surface area contributed by atoms with Gasteiger partial charge in [-0.25, -0.2) is 9.59 Å². The number of carbonyl (C=O) groups is 3. The summed E-state index contributed by atoms with van der Waals surface area (Å²) in [6, 6.07) is 4.57. The molecule has 10 nitrogen and oxygen atoms in total. The Labute approximate surface area is 222 Å². The topological polar surface area (TPSA) is 116 Å². The minimum absolute atomic E-state index is 0.127. The predicted molar refractivity (Wildman–Crippen MR) is 140 cm³/mol. The van der Waals surface area contributed by atoms with E-state index in [1.165, 1.54) is 12.0 Å². The quantitative estimate of drug-likeness (QED) is 0.431. The van der Waals surface area contributed by atoms with Gasteiger partial charge in [0.1, 0.15) is 34.8 Å². The second-order valence-corrected chi connectivity index (χ2v) is 10.7. The third kappa shape index (κ3) is 5.12. The lowest BCUT2D eigenvalue weighted by atomic mass is 10.1. The molecule has 1 saturated carbocycles. The normalized spacial score (nSPS) is 24.5. The van der Waals surface area contributed by atoms with Gasteiger partial charge in [0, 0.05) is 29.5 Å². The number of fused-ring (bicyclic) bond motifs is 1. The van der Waals surface area contributed by atoms with Crippen LogP contribution in [0.25, 0.3) is 10.9 Å². The maximum Gasteiger partial charge on any atom is 0.411 e. The van der Waals surface area contributed by atoms with Crippen LogP contribution in [0.3, 0.4) is 0 Å². The molecule has 1 N–H and O–H groups in total. The zero-order chi connectivity index (χ0) is 27.8. The van der Waals surface area contributed by atoms with Crippen molar-refractivity contribution in [3.63, 3.8) is 0 Å². The summed E-state index contributed by atoms with van der Waals surface area (Å²) < 4.78 is 22.3.